The molecule has 1 aliphatic heterocycles. The van der Waals surface area contributed by atoms with Crippen molar-refractivity contribution in [2.45, 2.75) is 32.1 Å². The maximum absolute atomic E-state index is 5.67. The maximum Gasteiger partial charge on any atom is 0.222 e. The molecule has 1 saturated heterocycles. The van der Waals surface area contributed by atoms with Gasteiger partial charge in [-0.1, -0.05) is 12.8 Å². The van der Waals surface area contributed by atoms with Crippen molar-refractivity contribution in [2.75, 3.05) is 23.7 Å². The highest BCUT2D eigenvalue weighted by Gasteiger charge is 2.40. The van der Waals surface area contributed by atoms with Gasteiger partial charge in [0.25, 0.3) is 0 Å². The van der Waals surface area contributed by atoms with Gasteiger partial charge in [0, 0.05) is 19.3 Å². The van der Waals surface area contributed by atoms with Crippen LogP contribution in [0.5, 0.6) is 0 Å². The van der Waals surface area contributed by atoms with E-state index in [2.05, 4.69) is 30.8 Å². The Balaban J connectivity index is 1.84. The second-order valence-corrected chi connectivity index (χ2v) is 6.13. The van der Waals surface area contributed by atoms with E-state index in [4.69, 9.17) is 5.73 Å². The topological polar surface area (TPSA) is 55.0 Å². The van der Waals surface area contributed by atoms with Crippen LogP contribution in [0.25, 0.3) is 0 Å². The molecule has 0 aromatic carbocycles. The molecule has 17 heavy (non-hydrogen) atoms. The van der Waals surface area contributed by atoms with Crippen LogP contribution >= 0.6 is 15.9 Å². The van der Waals surface area contributed by atoms with Gasteiger partial charge in [-0.3, -0.25) is 0 Å². The lowest BCUT2D eigenvalue weighted by Crippen LogP contribution is -2.26. The minimum atomic E-state index is 0.357. The summed E-state index contributed by atoms with van der Waals surface area (Å²) in [6, 6.07) is 0. The predicted molar refractivity (Wildman–Crippen MR) is 71.9 cm³/mol. The van der Waals surface area contributed by atoms with Gasteiger partial charge in [-0.05, 0) is 40.6 Å². The average Bonchev–Trinajstić information content (AvgIpc) is 2.94. The second kappa shape index (κ2) is 4.12. The van der Waals surface area contributed by atoms with Gasteiger partial charge in [-0.25, -0.2) is 4.98 Å². The quantitative estimate of drug-likeness (QED) is 0.865. The Kier molecular flexibility index (Phi) is 2.73. The zero-order chi connectivity index (χ0) is 11.9. The van der Waals surface area contributed by atoms with Gasteiger partial charge in [0.2, 0.25) is 5.95 Å². The highest BCUT2D eigenvalue weighted by Crippen LogP contribution is 2.46. The summed E-state index contributed by atoms with van der Waals surface area (Å²) >= 11 is 3.52. The number of halogens is 1. The van der Waals surface area contributed by atoms with Gasteiger partial charge in [0.05, 0.1) is 4.47 Å². The van der Waals surface area contributed by atoms with Crippen molar-refractivity contribution in [3.8, 4) is 0 Å². The van der Waals surface area contributed by atoms with E-state index in [1.54, 1.807) is 6.20 Å². The number of nitrogen functional groups attached to an aromatic ring is 1. The number of aromatic nitrogens is 2. The summed E-state index contributed by atoms with van der Waals surface area (Å²) in [5.41, 5.74) is 6.23. The maximum atomic E-state index is 5.67. The zero-order valence-corrected chi connectivity index (χ0v) is 11.4. The average molecular weight is 297 g/mol. The van der Waals surface area contributed by atoms with Crippen molar-refractivity contribution in [1.82, 2.24) is 9.97 Å². The van der Waals surface area contributed by atoms with Crippen molar-refractivity contribution < 1.29 is 0 Å². The Hall–Kier alpha value is -0.840. The minimum absolute atomic E-state index is 0.357. The van der Waals surface area contributed by atoms with Crippen LogP contribution in [0.4, 0.5) is 11.8 Å². The van der Waals surface area contributed by atoms with E-state index in [0.717, 1.165) is 23.4 Å². The molecule has 4 nitrogen and oxygen atoms in total. The SMILES string of the molecule is Nc1ncc(Br)c(N2CCC3(CCCC3)C2)n1. The van der Waals surface area contributed by atoms with Crippen LogP contribution in [-0.4, -0.2) is 23.1 Å². The third kappa shape index (κ3) is 2.01. The number of nitrogens with zero attached hydrogens (tertiary/aromatic N) is 3. The first-order valence-electron chi connectivity index (χ1n) is 6.22. The molecule has 1 spiro atoms. The summed E-state index contributed by atoms with van der Waals surface area (Å²) in [4.78, 5) is 10.7. The molecule has 2 fully saturated rings. The molecule has 1 aromatic heterocycles. The summed E-state index contributed by atoms with van der Waals surface area (Å²) in [5, 5.41) is 0. The van der Waals surface area contributed by atoms with Crippen molar-refractivity contribution in [3.05, 3.63) is 10.7 Å². The first-order chi connectivity index (χ1) is 8.19. The van der Waals surface area contributed by atoms with Crippen LogP contribution in [0.1, 0.15) is 32.1 Å². The van der Waals surface area contributed by atoms with Crippen LogP contribution in [0.15, 0.2) is 10.7 Å². The molecule has 1 saturated carbocycles. The molecule has 92 valence electrons. The fraction of sp³-hybridized carbons (Fsp3) is 0.667. The molecule has 0 radical (unpaired) electrons. The van der Waals surface area contributed by atoms with E-state index in [1.807, 2.05) is 0 Å². The van der Waals surface area contributed by atoms with Gasteiger partial charge >= 0.3 is 0 Å². The smallest absolute Gasteiger partial charge is 0.222 e. The Bertz CT molecular complexity index is 429. The van der Waals surface area contributed by atoms with Crippen LogP contribution < -0.4 is 10.6 Å². The molecule has 3 rings (SSSR count). The fourth-order valence-corrected chi connectivity index (χ4v) is 3.68. The van der Waals surface area contributed by atoms with Crippen LogP contribution in [0.3, 0.4) is 0 Å². The predicted octanol–water partition coefficient (Wildman–Crippen LogP) is 2.59. The lowest BCUT2D eigenvalue weighted by Gasteiger charge is -2.24. The molecule has 0 atom stereocenters. The van der Waals surface area contributed by atoms with Crippen molar-refractivity contribution in [2.24, 2.45) is 5.41 Å². The third-order valence-corrected chi connectivity index (χ3v) is 4.71. The lowest BCUT2D eigenvalue weighted by atomic mass is 9.86. The summed E-state index contributed by atoms with van der Waals surface area (Å²) in [6.07, 6.45) is 8.58. The van der Waals surface area contributed by atoms with Crippen molar-refractivity contribution >= 4 is 27.7 Å². The number of nitrogens with two attached hydrogens (primary N) is 1. The molecule has 2 heterocycles. The van der Waals surface area contributed by atoms with Crippen molar-refractivity contribution in [1.29, 1.82) is 0 Å². The molecular formula is C12H17BrN4. The van der Waals surface area contributed by atoms with E-state index in [9.17, 15) is 0 Å². The monoisotopic (exact) mass is 296 g/mol. The number of hydrogen-bond acceptors (Lipinski definition) is 4. The van der Waals surface area contributed by atoms with E-state index in [-0.39, 0.29) is 0 Å². The van der Waals surface area contributed by atoms with Crippen molar-refractivity contribution in [3.63, 3.8) is 0 Å². The number of rotatable bonds is 1. The summed E-state index contributed by atoms with van der Waals surface area (Å²) < 4.78 is 0.946. The standard InChI is InChI=1S/C12H17BrN4/c13-9-7-15-11(14)16-10(9)17-6-5-12(8-17)3-1-2-4-12/h7H,1-6,8H2,(H2,14,15,16). The summed E-state index contributed by atoms with van der Waals surface area (Å²) in [6.45, 7) is 2.22. The Morgan fingerprint density at radius 1 is 1.29 bits per heavy atom. The molecule has 2 N–H and O–H groups in total. The molecule has 0 unspecified atom stereocenters. The Morgan fingerprint density at radius 3 is 2.82 bits per heavy atom. The third-order valence-electron chi connectivity index (χ3n) is 4.15. The molecule has 5 heteroatoms. The first-order valence-corrected chi connectivity index (χ1v) is 7.01. The highest BCUT2D eigenvalue weighted by atomic mass is 79.9. The molecule has 0 amide bonds. The normalized spacial score (nSPS) is 22.5. The lowest BCUT2D eigenvalue weighted by molar-refractivity contribution is 0.340. The van der Waals surface area contributed by atoms with Gasteiger partial charge in [-0.15, -0.1) is 0 Å². The first kappa shape index (κ1) is 11.3. The minimum Gasteiger partial charge on any atom is -0.368 e. The van der Waals surface area contributed by atoms with Gasteiger partial charge in [0.1, 0.15) is 5.82 Å². The largest absolute Gasteiger partial charge is 0.368 e. The van der Waals surface area contributed by atoms with Gasteiger partial charge in [0.15, 0.2) is 0 Å². The van der Waals surface area contributed by atoms with E-state index >= 15 is 0 Å². The van der Waals surface area contributed by atoms with Gasteiger partial charge in [-0.2, -0.15) is 4.98 Å². The molecular weight excluding hydrogens is 280 g/mol. The van der Waals surface area contributed by atoms with E-state index in [0.29, 0.717) is 11.4 Å². The second-order valence-electron chi connectivity index (χ2n) is 5.28. The zero-order valence-electron chi connectivity index (χ0n) is 9.82. The van der Waals surface area contributed by atoms with Crippen LogP contribution in [0, 0.1) is 5.41 Å². The molecule has 1 aliphatic carbocycles. The summed E-state index contributed by atoms with van der Waals surface area (Å²) in [5.74, 6) is 1.32. The summed E-state index contributed by atoms with van der Waals surface area (Å²) in [7, 11) is 0. The van der Waals surface area contributed by atoms with E-state index in [1.165, 1.54) is 32.1 Å². The van der Waals surface area contributed by atoms with Crippen LogP contribution in [-0.2, 0) is 0 Å². The van der Waals surface area contributed by atoms with Crippen LogP contribution in [0.2, 0.25) is 0 Å². The van der Waals surface area contributed by atoms with Gasteiger partial charge < -0.3 is 10.6 Å². The number of hydrogen-bond donors (Lipinski definition) is 1. The molecule has 2 aliphatic rings. The Labute approximate surface area is 110 Å². The van der Waals surface area contributed by atoms with E-state index < -0.39 is 0 Å². The fourth-order valence-electron chi connectivity index (χ4n) is 3.24. The Morgan fingerprint density at radius 2 is 2.06 bits per heavy atom. The molecule has 1 aromatic rings. The molecule has 0 bridgehead atoms. The number of anilines is 2. The highest BCUT2D eigenvalue weighted by molar-refractivity contribution is 9.10.